The van der Waals surface area contributed by atoms with Crippen LogP contribution < -0.4 is 4.74 Å². The summed E-state index contributed by atoms with van der Waals surface area (Å²) in [5.41, 5.74) is 0. The maximum Gasteiger partial charge on any atom is 0.426 e. The zero-order valence-corrected chi connectivity index (χ0v) is 10.2. The summed E-state index contributed by atoms with van der Waals surface area (Å²) in [5.74, 6) is -6.72. The van der Waals surface area contributed by atoms with E-state index in [0.29, 0.717) is 24.3 Å². The van der Waals surface area contributed by atoms with E-state index in [-0.39, 0.29) is 0 Å². The third kappa shape index (κ3) is 4.67. The van der Waals surface area contributed by atoms with E-state index in [1.54, 1.807) is 0 Å². The predicted octanol–water partition coefficient (Wildman–Crippen LogP) is 4.88. The van der Waals surface area contributed by atoms with E-state index < -0.39 is 42.1 Å². The van der Waals surface area contributed by atoms with Crippen LogP contribution in [0.4, 0.5) is 43.9 Å². The van der Waals surface area contributed by atoms with Gasteiger partial charge < -0.3 is 4.74 Å². The molecule has 11 heteroatoms. The molecule has 0 N–H and O–H groups in total. The van der Waals surface area contributed by atoms with Gasteiger partial charge in [-0.3, -0.25) is 0 Å². The highest BCUT2D eigenvalue weighted by Gasteiger charge is 2.68. The molecule has 0 saturated heterocycles. The van der Waals surface area contributed by atoms with Crippen molar-refractivity contribution < 1.29 is 48.6 Å². The Balaban J connectivity index is 3.24. The fourth-order valence-corrected chi connectivity index (χ4v) is 1.51. The van der Waals surface area contributed by atoms with Gasteiger partial charge in [-0.2, -0.15) is 39.5 Å². The van der Waals surface area contributed by atoms with Crippen LogP contribution in [0, 0.1) is 11.7 Å². The van der Waals surface area contributed by atoms with E-state index in [4.69, 9.17) is 0 Å². The van der Waals surface area contributed by atoms with Gasteiger partial charge in [0.1, 0.15) is 11.6 Å². The first-order chi connectivity index (χ1) is 9.73. The van der Waals surface area contributed by atoms with Crippen LogP contribution in [0.25, 0.3) is 0 Å². The molecule has 0 aromatic heterocycles. The lowest BCUT2D eigenvalue weighted by molar-refractivity contribution is -0.340. The van der Waals surface area contributed by atoms with E-state index in [9.17, 15) is 43.9 Å². The van der Waals surface area contributed by atoms with Gasteiger partial charge in [0.15, 0.2) is 5.92 Å². The van der Waals surface area contributed by atoms with Gasteiger partial charge in [0.25, 0.3) is 0 Å². The van der Waals surface area contributed by atoms with Crippen molar-refractivity contribution in [1.29, 1.82) is 0 Å². The first-order valence-corrected chi connectivity index (χ1v) is 5.35. The summed E-state index contributed by atoms with van der Waals surface area (Å²) in [4.78, 5) is 0. The van der Waals surface area contributed by atoms with Gasteiger partial charge in [0.2, 0.25) is 6.10 Å². The van der Waals surface area contributed by atoms with E-state index in [1.807, 2.05) is 0 Å². The van der Waals surface area contributed by atoms with Crippen molar-refractivity contribution in [2.45, 2.75) is 24.6 Å². The third-order valence-corrected chi connectivity index (χ3v) is 2.41. The Kier molecular flexibility index (Phi) is 4.88. The molecule has 0 radical (unpaired) electrons. The SMILES string of the molecule is Fc1ccc(OC(C(C(F)(F)F)C(F)(F)F)C(F)(F)F)cc1. The molecule has 1 atom stereocenters. The summed E-state index contributed by atoms with van der Waals surface area (Å²) >= 11 is 0. The van der Waals surface area contributed by atoms with Crippen LogP contribution in [0.15, 0.2) is 24.3 Å². The molecule has 22 heavy (non-hydrogen) atoms. The van der Waals surface area contributed by atoms with Crippen LogP contribution in [-0.2, 0) is 0 Å². The fourth-order valence-electron chi connectivity index (χ4n) is 1.51. The van der Waals surface area contributed by atoms with Crippen LogP contribution in [0.3, 0.4) is 0 Å². The Morgan fingerprint density at radius 3 is 1.41 bits per heavy atom. The maximum atomic E-state index is 12.6. The van der Waals surface area contributed by atoms with Gasteiger partial charge in [0, 0.05) is 0 Å². The Bertz CT molecular complexity index is 470. The van der Waals surface area contributed by atoms with E-state index >= 15 is 0 Å². The molecule has 1 unspecified atom stereocenters. The van der Waals surface area contributed by atoms with E-state index in [0.717, 1.165) is 0 Å². The Hall–Kier alpha value is -1.68. The fraction of sp³-hybridized carbons (Fsp3) is 0.455. The highest BCUT2D eigenvalue weighted by molar-refractivity contribution is 5.22. The van der Waals surface area contributed by atoms with Crippen molar-refractivity contribution in [2.75, 3.05) is 0 Å². The second kappa shape index (κ2) is 5.84. The third-order valence-electron chi connectivity index (χ3n) is 2.41. The number of rotatable bonds is 3. The predicted molar refractivity (Wildman–Crippen MR) is 52.5 cm³/mol. The lowest BCUT2D eigenvalue weighted by Gasteiger charge is -2.32. The van der Waals surface area contributed by atoms with Crippen LogP contribution in [0.5, 0.6) is 5.75 Å². The molecule has 1 rings (SSSR count). The van der Waals surface area contributed by atoms with E-state index in [1.165, 1.54) is 0 Å². The smallest absolute Gasteiger partial charge is 0.426 e. The Morgan fingerprint density at radius 2 is 1.09 bits per heavy atom. The summed E-state index contributed by atoms with van der Waals surface area (Å²) in [5, 5.41) is 0. The summed E-state index contributed by atoms with van der Waals surface area (Å²) in [7, 11) is 0. The number of hydrogen-bond donors (Lipinski definition) is 0. The van der Waals surface area contributed by atoms with Gasteiger partial charge >= 0.3 is 18.5 Å². The molecule has 0 heterocycles. The molecule has 0 amide bonds. The minimum atomic E-state index is -6.24. The standard InChI is InChI=1S/C11H6F10O/c12-5-1-3-6(4-2-5)22-8(11(19,20)21)7(9(13,14)15)10(16,17)18/h1-4,7-8H. The van der Waals surface area contributed by atoms with Gasteiger partial charge in [0.05, 0.1) is 0 Å². The van der Waals surface area contributed by atoms with Crippen molar-refractivity contribution >= 4 is 0 Å². The van der Waals surface area contributed by atoms with Crippen LogP contribution >= 0.6 is 0 Å². The van der Waals surface area contributed by atoms with Gasteiger partial charge in [-0.15, -0.1) is 0 Å². The Labute approximate surface area is 116 Å². The summed E-state index contributed by atoms with van der Waals surface area (Å²) < 4.78 is 129. The van der Waals surface area contributed by atoms with Crippen LogP contribution in [0.1, 0.15) is 0 Å². The second-order valence-electron chi connectivity index (χ2n) is 4.09. The molecular formula is C11H6F10O. The number of hydrogen-bond acceptors (Lipinski definition) is 1. The monoisotopic (exact) mass is 344 g/mol. The molecule has 0 spiro atoms. The van der Waals surface area contributed by atoms with Gasteiger partial charge in [-0.25, -0.2) is 4.39 Å². The molecule has 1 aromatic carbocycles. The molecule has 1 nitrogen and oxygen atoms in total. The van der Waals surface area contributed by atoms with E-state index in [2.05, 4.69) is 4.74 Å². The highest BCUT2D eigenvalue weighted by Crippen LogP contribution is 2.46. The molecule has 0 aliphatic carbocycles. The van der Waals surface area contributed by atoms with Crippen molar-refractivity contribution in [3.05, 3.63) is 30.1 Å². The van der Waals surface area contributed by atoms with Crippen molar-refractivity contribution in [2.24, 2.45) is 5.92 Å². The molecule has 0 fully saturated rings. The highest BCUT2D eigenvalue weighted by atomic mass is 19.4. The van der Waals surface area contributed by atoms with Crippen LogP contribution in [0.2, 0.25) is 0 Å². The minimum Gasteiger partial charge on any atom is -0.480 e. The molecule has 0 bridgehead atoms. The molecule has 126 valence electrons. The summed E-state index contributed by atoms with van der Waals surface area (Å²) in [6.07, 6.45) is -22.6. The summed E-state index contributed by atoms with van der Waals surface area (Å²) in [6, 6.07) is 2.02. The Morgan fingerprint density at radius 1 is 0.682 bits per heavy atom. The molecule has 0 aliphatic rings. The topological polar surface area (TPSA) is 9.23 Å². The zero-order valence-electron chi connectivity index (χ0n) is 10.2. The zero-order chi connectivity index (χ0) is 17.3. The van der Waals surface area contributed by atoms with Crippen molar-refractivity contribution in [3.63, 3.8) is 0 Å². The molecule has 1 aromatic rings. The van der Waals surface area contributed by atoms with Crippen molar-refractivity contribution in [1.82, 2.24) is 0 Å². The molecule has 0 saturated carbocycles. The number of benzene rings is 1. The average molecular weight is 344 g/mol. The normalized spacial score (nSPS) is 15.0. The molecule has 0 aliphatic heterocycles. The average Bonchev–Trinajstić information content (AvgIpc) is 2.26. The van der Waals surface area contributed by atoms with Gasteiger partial charge in [-0.1, -0.05) is 0 Å². The number of ether oxygens (including phenoxy) is 1. The lowest BCUT2D eigenvalue weighted by Crippen LogP contribution is -2.53. The summed E-state index contributed by atoms with van der Waals surface area (Å²) in [6.45, 7) is 0. The first-order valence-electron chi connectivity index (χ1n) is 5.35. The minimum absolute atomic E-state index is 0.484. The molecular weight excluding hydrogens is 338 g/mol. The number of halogens is 10. The lowest BCUT2D eigenvalue weighted by atomic mass is 10.0. The quantitative estimate of drug-likeness (QED) is 0.711. The first kappa shape index (κ1) is 18.4. The number of alkyl halides is 9. The van der Waals surface area contributed by atoms with Crippen LogP contribution in [-0.4, -0.2) is 24.6 Å². The largest absolute Gasteiger partial charge is 0.480 e. The maximum absolute atomic E-state index is 12.6. The van der Waals surface area contributed by atoms with Crippen molar-refractivity contribution in [3.8, 4) is 5.75 Å². The van der Waals surface area contributed by atoms with Gasteiger partial charge in [-0.05, 0) is 24.3 Å². The second-order valence-corrected chi connectivity index (χ2v) is 4.09.